The molecule has 0 heterocycles. The van der Waals surface area contributed by atoms with Gasteiger partial charge in [-0.05, 0) is 32.6 Å². The monoisotopic (exact) mass is 181 g/mol. The number of nitrogens with zero attached hydrogens (tertiary/aromatic N) is 1. The second-order valence-electron chi connectivity index (χ2n) is 4.93. The normalized spacial score (nSPS) is 35.5. The summed E-state index contributed by atoms with van der Waals surface area (Å²) in [5.41, 5.74) is -0.375. The number of rotatable bonds is 1. The van der Waals surface area contributed by atoms with Crippen LogP contribution in [0, 0.1) is 28.6 Å². The van der Waals surface area contributed by atoms with Crippen molar-refractivity contribution in [3.05, 3.63) is 0 Å². The summed E-state index contributed by atoms with van der Waals surface area (Å²) in [6.07, 6.45) is 2.71. The molecule has 1 aliphatic carbocycles. The van der Waals surface area contributed by atoms with Crippen LogP contribution in [0.3, 0.4) is 0 Å². The molecule has 1 rings (SSSR count). The van der Waals surface area contributed by atoms with Gasteiger partial charge in [0.15, 0.2) is 0 Å². The lowest BCUT2D eigenvalue weighted by atomic mass is 9.68. The molecule has 1 fully saturated rings. The van der Waals surface area contributed by atoms with Gasteiger partial charge >= 0.3 is 0 Å². The van der Waals surface area contributed by atoms with Gasteiger partial charge < -0.3 is 5.11 Å². The highest BCUT2D eigenvalue weighted by molar-refractivity contribution is 5.00. The molecule has 0 spiro atoms. The topological polar surface area (TPSA) is 44.0 Å². The average Bonchev–Trinajstić information content (AvgIpc) is 2.03. The Morgan fingerprint density at radius 1 is 1.38 bits per heavy atom. The molecule has 3 unspecified atom stereocenters. The second kappa shape index (κ2) is 3.67. The first kappa shape index (κ1) is 10.5. The van der Waals surface area contributed by atoms with Gasteiger partial charge in [0.1, 0.15) is 0 Å². The van der Waals surface area contributed by atoms with Gasteiger partial charge in [0.25, 0.3) is 0 Å². The van der Waals surface area contributed by atoms with Crippen molar-refractivity contribution in [1.82, 2.24) is 0 Å². The molecule has 1 saturated carbocycles. The molecule has 3 atom stereocenters. The van der Waals surface area contributed by atoms with E-state index in [4.69, 9.17) is 5.26 Å². The lowest BCUT2D eigenvalue weighted by Gasteiger charge is -2.37. The summed E-state index contributed by atoms with van der Waals surface area (Å²) in [6.45, 7) is 6.02. The fourth-order valence-corrected chi connectivity index (χ4v) is 2.28. The zero-order chi connectivity index (χ0) is 10.1. The standard InChI is InChI=1S/C11H19NO/c1-8-4-5-9(10(13)6-8)11(2,3)7-12/h8-10,13H,4-6H2,1-3H3. The van der Waals surface area contributed by atoms with E-state index < -0.39 is 0 Å². The van der Waals surface area contributed by atoms with Crippen molar-refractivity contribution in [3.8, 4) is 6.07 Å². The summed E-state index contributed by atoms with van der Waals surface area (Å²) in [6, 6.07) is 2.30. The van der Waals surface area contributed by atoms with Crippen LogP contribution in [0.4, 0.5) is 0 Å². The number of aliphatic hydroxyl groups is 1. The smallest absolute Gasteiger partial charge is 0.0687 e. The quantitative estimate of drug-likeness (QED) is 0.674. The Balaban J connectivity index is 2.67. The summed E-state index contributed by atoms with van der Waals surface area (Å²) in [5.74, 6) is 0.773. The third-order valence-electron chi connectivity index (χ3n) is 3.29. The van der Waals surface area contributed by atoms with E-state index in [-0.39, 0.29) is 17.4 Å². The Morgan fingerprint density at radius 2 is 2.00 bits per heavy atom. The molecule has 0 aromatic rings. The molecule has 0 radical (unpaired) electrons. The van der Waals surface area contributed by atoms with Crippen LogP contribution in [0.1, 0.15) is 40.0 Å². The van der Waals surface area contributed by atoms with Crippen LogP contribution in [0.15, 0.2) is 0 Å². The lowest BCUT2D eigenvalue weighted by molar-refractivity contribution is 0.00702. The van der Waals surface area contributed by atoms with E-state index >= 15 is 0 Å². The fourth-order valence-electron chi connectivity index (χ4n) is 2.28. The first-order chi connectivity index (χ1) is 5.97. The number of nitriles is 1. The summed E-state index contributed by atoms with van der Waals surface area (Å²) in [7, 11) is 0. The van der Waals surface area contributed by atoms with Crippen LogP contribution in [0.5, 0.6) is 0 Å². The summed E-state index contributed by atoms with van der Waals surface area (Å²) in [5, 5.41) is 18.8. The molecule has 0 aromatic carbocycles. The van der Waals surface area contributed by atoms with Crippen LogP contribution in [-0.2, 0) is 0 Å². The Morgan fingerprint density at radius 3 is 2.46 bits per heavy atom. The summed E-state index contributed by atoms with van der Waals surface area (Å²) >= 11 is 0. The van der Waals surface area contributed by atoms with Crippen molar-refractivity contribution in [2.75, 3.05) is 0 Å². The van der Waals surface area contributed by atoms with Gasteiger partial charge in [0, 0.05) is 5.92 Å². The van der Waals surface area contributed by atoms with Gasteiger partial charge in [0.2, 0.25) is 0 Å². The molecule has 1 N–H and O–H groups in total. The molecule has 0 saturated heterocycles. The molecule has 2 heteroatoms. The highest BCUT2D eigenvalue weighted by Crippen LogP contribution is 2.39. The third-order valence-corrected chi connectivity index (χ3v) is 3.29. The van der Waals surface area contributed by atoms with E-state index in [1.807, 2.05) is 13.8 Å². The molecular formula is C11H19NO. The highest BCUT2D eigenvalue weighted by Gasteiger charge is 2.38. The summed E-state index contributed by atoms with van der Waals surface area (Å²) < 4.78 is 0. The van der Waals surface area contributed by atoms with Crippen molar-refractivity contribution in [2.24, 2.45) is 17.3 Å². The van der Waals surface area contributed by atoms with Crippen LogP contribution in [0.2, 0.25) is 0 Å². The first-order valence-corrected chi connectivity index (χ1v) is 5.06. The third kappa shape index (κ3) is 2.22. The van der Waals surface area contributed by atoms with E-state index in [2.05, 4.69) is 13.0 Å². The fraction of sp³-hybridized carbons (Fsp3) is 0.909. The maximum Gasteiger partial charge on any atom is 0.0687 e. The number of aliphatic hydroxyl groups excluding tert-OH is 1. The largest absolute Gasteiger partial charge is 0.393 e. The molecule has 13 heavy (non-hydrogen) atoms. The number of hydrogen-bond acceptors (Lipinski definition) is 2. The molecular weight excluding hydrogens is 162 g/mol. The maximum atomic E-state index is 9.85. The van der Waals surface area contributed by atoms with Gasteiger partial charge in [-0.25, -0.2) is 0 Å². The minimum Gasteiger partial charge on any atom is -0.393 e. The van der Waals surface area contributed by atoms with E-state index in [9.17, 15) is 5.11 Å². The predicted molar refractivity (Wildman–Crippen MR) is 51.9 cm³/mol. The SMILES string of the molecule is CC1CCC(C(C)(C)C#N)C(O)C1. The van der Waals surface area contributed by atoms with Gasteiger partial charge in [-0.2, -0.15) is 5.26 Å². The van der Waals surface area contributed by atoms with Gasteiger partial charge in [-0.3, -0.25) is 0 Å². The Hall–Kier alpha value is -0.550. The molecule has 1 aliphatic rings. The second-order valence-corrected chi connectivity index (χ2v) is 4.93. The van der Waals surface area contributed by atoms with Crippen molar-refractivity contribution < 1.29 is 5.11 Å². The van der Waals surface area contributed by atoms with Crippen molar-refractivity contribution in [3.63, 3.8) is 0 Å². The lowest BCUT2D eigenvalue weighted by Crippen LogP contribution is -2.37. The molecule has 0 amide bonds. The first-order valence-electron chi connectivity index (χ1n) is 5.06. The average molecular weight is 181 g/mol. The van der Waals surface area contributed by atoms with Crippen LogP contribution >= 0.6 is 0 Å². The van der Waals surface area contributed by atoms with E-state index in [0.717, 1.165) is 19.3 Å². The van der Waals surface area contributed by atoms with E-state index in [1.54, 1.807) is 0 Å². The van der Waals surface area contributed by atoms with E-state index in [0.29, 0.717) is 5.92 Å². The minimum absolute atomic E-state index is 0.161. The van der Waals surface area contributed by atoms with Crippen molar-refractivity contribution in [2.45, 2.75) is 46.1 Å². The molecule has 74 valence electrons. The molecule has 0 bridgehead atoms. The van der Waals surface area contributed by atoms with Gasteiger partial charge in [-0.15, -0.1) is 0 Å². The molecule has 0 aliphatic heterocycles. The minimum atomic E-state index is -0.375. The van der Waals surface area contributed by atoms with Crippen molar-refractivity contribution in [1.29, 1.82) is 5.26 Å². The predicted octanol–water partition coefficient (Wildman–Crippen LogP) is 2.33. The van der Waals surface area contributed by atoms with Gasteiger partial charge in [-0.1, -0.05) is 13.3 Å². The zero-order valence-electron chi connectivity index (χ0n) is 8.75. The summed E-state index contributed by atoms with van der Waals surface area (Å²) in [4.78, 5) is 0. The Kier molecular flexibility index (Phi) is 2.98. The maximum absolute atomic E-state index is 9.85. The van der Waals surface area contributed by atoms with Crippen molar-refractivity contribution >= 4 is 0 Å². The van der Waals surface area contributed by atoms with Crippen LogP contribution in [-0.4, -0.2) is 11.2 Å². The number of hydrogen-bond donors (Lipinski definition) is 1. The van der Waals surface area contributed by atoms with Crippen LogP contribution < -0.4 is 0 Å². The molecule has 2 nitrogen and oxygen atoms in total. The Bertz CT molecular complexity index is 217. The molecule has 0 aromatic heterocycles. The van der Waals surface area contributed by atoms with Crippen LogP contribution in [0.25, 0.3) is 0 Å². The van der Waals surface area contributed by atoms with Gasteiger partial charge in [0.05, 0.1) is 17.6 Å². The Labute approximate surface area is 80.6 Å². The van der Waals surface area contributed by atoms with E-state index in [1.165, 1.54) is 0 Å². The zero-order valence-corrected chi connectivity index (χ0v) is 8.75. The highest BCUT2D eigenvalue weighted by atomic mass is 16.3.